The van der Waals surface area contributed by atoms with Crippen LogP contribution in [0.4, 0.5) is 0 Å². The summed E-state index contributed by atoms with van der Waals surface area (Å²) >= 11 is 0. The number of carbonyl (C=O) groups excluding carboxylic acids is 4. The summed E-state index contributed by atoms with van der Waals surface area (Å²) in [5.41, 5.74) is -0.355. The van der Waals surface area contributed by atoms with Crippen LogP contribution in [-0.4, -0.2) is 44.5 Å². The zero-order valence-corrected chi connectivity index (χ0v) is 17.1. The predicted molar refractivity (Wildman–Crippen MR) is 104 cm³/mol. The van der Waals surface area contributed by atoms with Gasteiger partial charge in [0.05, 0.1) is 20.8 Å². The Kier molecular flexibility index (Phi) is 6.95. The van der Waals surface area contributed by atoms with Crippen LogP contribution >= 0.6 is 0 Å². The quantitative estimate of drug-likeness (QED) is 0.227. The molecule has 0 saturated heterocycles. The summed E-state index contributed by atoms with van der Waals surface area (Å²) in [4.78, 5) is 51.2. The van der Waals surface area contributed by atoms with Crippen LogP contribution in [0.2, 0.25) is 0 Å². The third-order valence-corrected chi connectivity index (χ3v) is 5.49. The molecule has 0 N–H and O–H groups in total. The molecule has 1 saturated carbocycles. The number of benzene rings is 1. The molecule has 0 heterocycles. The van der Waals surface area contributed by atoms with Crippen molar-refractivity contribution in [2.75, 3.05) is 20.8 Å². The van der Waals surface area contributed by atoms with Gasteiger partial charge in [0.2, 0.25) is 5.78 Å². The van der Waals surface area contributed by atoms with E-state index in [2.05, 4.69) is 6.58 Å². The molecule has 0 aromatic heterocycles. The lowest BCUT2D eigenvalue weighted by Crippen LogP contribution is -2.45. The van der Waals surface area contributed by atoms with Crippen LogP contribution in [0.5, 0.6) is 0 Å². The van der Waals surface area contributed by atoms with Crippen LogP contribution in [0, 0.1) is 24.2 Å². The second kappa shape index (κ2) is 9.03. The van der Waals surface area contributed by atoms with E-state index >= 15 is 0 Å². The van der Waals surface area contributed by atoms with Crippen molar-refractivity contribution in [1.29, 1.82) is 0 Å². The molecule has 0 aliphatic heterocycles. The van der Waals surface area contributed by atoms with E-state index in [1.54, 1.807) is 25.1 Å². The molecule has 1 aliphatic rings. The Balaban J connectivity index is 2.78. The topological polar surface area (TPSA) is 96.0 Å². The number of Topliss-reactive ketones (excluding diaryl/α,β-unsaturated/α-hetero) is 1. The third-order valence-electron chi connectivity index (χ3n) is 5.49. The molecular formula is C22H26O7. The van der Waals surface area contributed by atoms with Gasteiger partial charge in [-0.3, -0.25) is 14.4 Å². The number of allylic oxidation sites excluding steroid dienone is 1. The van der Waals surface area contributed by atoms with E-state index in [0.29, 0.717) is 5.56 Å². The highest BCUT2D eigenvalue weighted by molar-refractivity contribution is 6.35. The van der Waals surface area contributed by atoms with Crippen molar-refractivity contribution >= 4 is 23.7 Å². The molecule has 29 heavy (non-hydrogen) atoms. The SMILES string of the molecule is C=C[C@H]1CC(C(=O)OC)(C(=O)OC)[C@H](c2cccc(C)c2)[C@H]1C(=O)C(=O)OCC. The zero-order valence-electron chi connectivity index (χ0n) is 17.1. The summed E-state index contributed by atoms with van der Waals surface area (Å²) in [6.45, 7) is 7.23. The summed E-state index contributed by atoms with van der Waals surface area (Å²) in [6, 6.07) is 7.11. The molecule has 0 spiro atoms. The fraction of sp³-hybridized carbons (Fsp3) is 0.455. The fourth-order valence-electron chi connectivity index (χ4n) is 4.32. The van der Waals surface area contributed by atoms with Crippen LogP contribution in [-0.2, 0) is 33.4 Å². The molecule has 0 bridgehead atoms. The monoisotopic (exact) mass is 402 g/mol. The Bertz CT molecular complexity index is 810. The Morgan fingerprint density at radius 3 is 2.28 bits per heavy atom. The first kappa shape index (κ1) is 22.3. The minimum atomic E-state index is -1.79. The van der Waals surface area contributed by atoms with E-state index in [-0.39, 0.29) is 13.0 Å². The minimum absolute atomic E-state index is 0.0321. The average molecular weight is 402 g/mol. The lowest BCUT2D eigenvalue weighted by Gasteiger charge is -2.32. The normalized spacial score (nSPS) is 22.4. The van der Waals surface area contributed by atoms with E-state index < -0.39 is 46.9 Å². The van der Waals surface area contributed by atoms with Gasteiger partial charge < -0.3 is 14.2 Å². The second-order valence-corrected chi connectivity index (χ2v) is 7.06. The van der Waals surface area contributed by atoms with Gasteiger partial charge in [-0.2, -0.15) is 0 Å². The molecule has 7 nitrogen and oxygen atoms in total. The van der Waals surface area contributed by atoms with Gasteiger partial charge >= 0.3 is 17.9 Å². The fourth-order valence-corrected chi connectivity index (χ4v) is 4.32. The molecule has 3 atom stereocenters. The van der Waals surface area contributed by atoms with E-state index in [1.165, 1.54) is 20.3 Å². The van der Waals surface area contributed by atoms with Crippen LogP contribution in [0.1, 0.15) is 30.4 Å². The highest BCUT2D eigenvalue weighted by atomic mass is 16.5. The molecule has 1 aromatic carbocycles. The molecule has 1 fully saturated rings. The van der Waals surface area contributed by atoms with Crippen LogP contribution in [0.3, 0.4) is 0 Å². The zero-order chi connectivity index (χ0) is 21.8. The summed E-state index contributed by atoms with van der Waals surface area (Å²) in [7, 11) is 2.34. The summed E-state index contributed by atoms with van der Waals surface area (Å²) < 4.78 is 14.8. The standard InChI is InChI=1S/C22H26O7/c1-6-14-12-22(20(25)27-4,21(26)28-5)17(15-10-8-9-13(3)11-15)16(14)18(23)19(24)29-7-2/h6,8-11,14,16-17H,1,7,12H2,2-5H3/t14-,16-,17+/m0/s1. The average Bonchev–Trinajstić information content (AvgIpc) is 3.08. The van der Waals surface area contributed by atoms with Crippen LogP contribution in [0.25, 0.3) is 0 Å². The number of rotatable bonds is 7. The molecular weight excluding hydrogens is 376 g/mol. The van der Waals surface area contributed by atoms with Crippen LogP contribution in [0.15, 0.2) is 36.9 Å². The number of ether oxygens (including phenoxy) is 3. The smallest absolute Gasteiger partial charge is 0.374 e. The Morgan fingerprint density at radius 1 is 1.17 bits per heavy atom. The second-order valence-electron chi connectivity index (χ2n) is 7.06. The van der Waals surface area contributed by atoms with Gasteiger partial charge in [0.15, 0.2) is 5.41 Å². The maximum Gasteiger partial charge on any atom is 0.374 e. The lowest BCUT2D eigenvalue weighted by molar-refractivity contribution is -0.171. The van der Waals surface area contributed by atoms with E-state index in [9.17, 15) is 19.2 Å². The van der Waals surface area contributed by atoms with Crippen molar-refractivity contribution in [3.8, 4) is 0 Å². The van der Waals surface area contributed by atoms with Crippen molar-refractivity contribution in [2.45, 2.75) is 26.2 Å². The molecule has 0 radical (unpaired) electrons. The van der Waals surface area contributed by atoms with Crippen molar-refractivity contribution in [3.05, 3.63) is 48.0 Å². The van der Waals surface area contributed by atoms with Gasteiger partial charge in [0.1, 0.15) is 0 Å². The predicted octanol–water partition coefficient (Wildman–Crippen LogP) is 2.37. The number of hydrogen-bond acceptors (Lipinski definition) is 7. The van der Waals surface area contributed by atoms with Gasteiger partial charge in [-0.05, 0) is 31.7 Å². The Morgan fingerprint density at radius 2 is 1.79 bits per heavy atom. The maximum absolute atomic E-state index is 13.1. The highest BCUT2D eigenvalue weighted by Crippen LogP contribution is 2.57. The molecule has 1 aromatic rings. The van der Waals surface area contributed by atoms with Gasteiger partial charge in [-0.1, -0.05) is 35.9 Å². The van der Waals surface area contributed by atoms with Crippen molar-refractivity contribution in [2.24, 2.45) is 17.3 Å². The first-order valence-electron chi connectivity index (χ1n) is 9.35. The largest absolute Gasteiger partial charge is 0.468 e. The summed E-state index contributed by atoms with van der Waals surface area (Å²) in [5, 5.41) is 0. The van der Waals surface area contributed by atoms with Crippen molar-refractivity contribution < 1.29 is 33.4 Å². The number of carbonyl (C=O) groups is 4. The number of aryl methyl sites for hydroxylation is 1. The number of methoxy groups -OCH3 is 2. The molecule has 156 valence electrons. The number of ketones is 1. The molecule has 7 heteroatoms. The van der Waals surface area contributed by atoms with Gasteiger partial charge in [-0.15, -0.1) is 6.58 Å². The van der Waals surface area contributed by atoms with Crippen LogP contribution < -0.4 is 0 Å². The summed E-state index contributed by atoms with van der Waals surface area (Å²) in [5.74, 6) is -6.07. The van der Waals surface area contributed by atoms with E-state index in [1.807, 2.05) is 13.0 Å². The Hall–Kier alpha value is -2.96. The van der Waals surface area contributed by atoms with Gasteiger partial charge in [0, 0.05) is 11.8 Å². The highest BCUT2D eigenvalue weighted by Gasteiger charge is 2.66. The maximum atomic E-state index is 13.1. The first-order chi connectivity index (χ1) is 13.8. The van der Waals surface area contributed by atoms with Crippen molar-refractivity contribution in [3.63, 3.8) is 0 Å². The molecule has 0 amide bonds. The Labute approximate surface area is 170 Å². The van der Waals surface area contributed by atoms with E-state index in [0.717, 1.165) is 5.56 Å². The molecule has 0 unspecified atom stereocenters. The number of esters is 3. The summed E-state index contributed by atoms with van der Waals surface area (Å²) in [6.07, 6.45) is 1.42. The number of hydrogen-bond donors (Lipinski definition) is 0. The van der Waals surface area contributed by atoms with Crippen molar-refractivity contribution in [1.82, 2.24) is 0 Å². The minimum Gasteiger partial charge on any atom is -0.468 e. The lowest BCUT2D eigenvalue weighted by atomic mass is 9.70. The van der Waals surface area contributed by atoms with E-state index in [4.69, 9.17) is 14.2 Å². The first-order valence-corrected chi connectivity index (χ1v) is 9.35. The third kappa shape index (κ3) is 3.81. The molecule has 1 aliphatic carbocycles. The van der Waals surface area contributed by atoms with Gasteiger partial charge in [0.25, 0.3) is 0 Å². The molecule has 2 rings (SSSR count). The van der Waals surface area contributed by atoms with Gasteiger partial charge in [-0.25, -0.2) is 4.79 Å².